The Hall–Kier alpha value is -2.19. The molecule has 1 aromatic carbocycles. The molecule has 3 N–H and O–H groups in total. The molecule has 8 nitrogen and oxygen atoms in total. The molecule has 18 heavy (non-hydrogen) atoms. The van der Waals surface area contributed by atoms with Crippen LogP contribution in [0.25, 0.3) is 0 Å². The first-order valence-corrected chi connectivity index (χ1v) is 4.94. The van der Waals surface area contributed by atoms with Gasteiger partial charge in [0.25, 0.3) is 11.6 Å². The number of hydroxylamine groups is 1. The molecule has 0 saturated carbocycles. The van der Waals surface area contributed by atoms with Crippen molar-refractivity contribution in [3.05, 3.63) is 38.9 Å². The quantitative estimate of drug-likeness (QED) is 0.593. The molecule has 1 rings (SSSR count). The first-order valence-electron chi connectivity index (χ1n) is 4.56. The second-order valence-corrected chi connectivity index (χ2v) is 3.54. The summed E-state index contributed by atoms with van der Waals surface area (Å²) in [6.07, 6.45) is 0. The van der Waals surface area contributed by atoms with Gasteiger partial charge in [-0.25, -0.2) is 5.48 Å². The maximum atomic E-state index is 11.5. The molecule has 0 aromatic heterocycles. The van der Waals surface area contributed by atoms with Crippen LogP contribution in [-0.4, -0.2) is 23.3 Å². The number of nitrogens with zero attached hydrogens (tertiary/aromatic N) is 1. The summed E-state index contributed by atoms with van der Waals surface area (Å²) in [6, 6.07) is 3.52. The van der Waals surface area contributed by atoms with Crippen molar-refractivity contribution < 1.29 is 19.3 Å². The van der Waals surface area contributed by atoms with Crippen molar-refractivity contribution >= 4 is 29.1 Å². The summed E-state index contributed by atoms with van der Waals surface area (Å²) in [5, 5.41) is 10.8. The number of nitro groups is 1. The van der Waals surface area contributed by atoms with Crippen LogP contribution in [-0.2, 0) is 9.63 Å². The fourth-order valence-electron chi connectivity index (χ4n) is 1.08. The van der Waals surface area contributed by atoms with Crippen molar-refractivity contribution in [2.45, 2.75) is 0 Å². The van der Waals surface area contributed by atoms with Crippen LogP contribution in [0.2, 0.25) is 5.02 Å². The van der Waals surface area contributed by atoms with Gasteiger partial charge in [0.1, 0.15) is 5.56 Å². The van der Waals surface area contributed by atoms with Crippen LogP contribution >= 0.6 is 11.6 Å². The van der Waals surface area contributed by atoms with E-state index in [4.69, 9.17) is 17.3 Å². The fourth-order valence-corrected chi connectivity index (χ4v) is 1.24. The average Bonchev–Trinajstić information content (AvgIpc) is 2.28. The van der Waals surface area contributed by atoms with Gasteiger partial charge in [0.05, 0.1) is 4.92 Å². The van der Waals surface area contributed by atoms with Crippen LogP contribution < -0.4 is 11.2 Å². The monoisotopic (exact) mass is 273 g/mol. The van der Waals surface area contributed by atoms with E-state index in [1.807, 2.05) is 5.48 Å². The minimum absolute atomic E-state index is 0.122. The van der Waals surface area contributed by atoms with E-state index in [9.17, 15) is 19.7 Å². The maximum Gasteiger partial charge on any atom is 0.283 e. The lowest BCUT2D eigenvalue weighted by Crippen LogP contribution is -2.29. The molecule has 0 aliphatic heterocycles. The topological polar surface area (TPSA) is 125 Å². The number of nitrogens with one attached hydrogen (secondary N) is 1. The molecule has 9 heteroatoms. The van der Waals surface area contributed by atoms with Crippen molar-refractivity contribution in [3.63, 3.8) is 0 Å². The lowest BCUT2D eigenvalue weighted by Gasteiger charge is -2.05. The first-order chi connectivity index (χ1) is 8.41. The Morgan fingerprint density at radius 1 is 1.50 bits per heavy atom. The second-order valence-electron chi connectivity index (χ2n) is 3.10. The lowest BCUT2D eigenvalue weighted by atomic mass is 10.2. The van der Waals surface area contributed by atoms with Gasteiger partial charge in [-0.1, -0.05) is 11.6 Å². The summed E-state index contributed by atoms with van der Waals surface area (Å²) in [5.41, 5.74) is 5.92. The number of carbonyl (C=O) groups is 2. The summed E-state index contributed by atoms with van der Waals surface area (Å²) in [7, 11) is 0. The van der Waals surface area contributed by atoms with Gasteiger partial charge in [0.2, 0.25) is 5.91 Å². The fraction of sp³-hybridized carbons (Fsp3) is 0.111. The third-order valence-corrected chi connectivity index (χ3v) is 2.02. The van der Waals surface area contributed by atoms with E-state index < -0.39 is 29.0 Å². The molecule has 0 saturated heterocycles. The predicted octanol–water partition coefficient (Wildman–Crippen LogP) is 0.395. The van der Waals surface area contributed by atoms with E-state index in [1.165, 1.54) is 12.1 Å². The molecule has 0 atom stereocenters. The molecule has 0 unspecified atom stereocenters. The minimum atomic E-state index is -0.875. The number of nitrogens with two attached hydrogens (primary N) is 1. The zero-order valence-corrected chi connectivity index (χ0v) is 9.64. The number of nitro benzene ring substituents is 1. The van der Waals surface area contributed by atoms with Crippen LogP contribution in [0.5, 0.6) is 0 Å². The highest BCUT2D eigenvalue weighted by atomic mass is 35.5. The molecular weight excluding hydrogens is 266 g/mol. The van der Waals surface area contributed by atoms with Gasteiger partial charge >= 0.3 is 0 Å². The van der Waals surface area contributed by atoms with Crippen LogP contribution in [0, 0.1) is 10.1 Å². The van der Waals surface area contributed by atoms with Gasteiger partial charge < -0.3 is 5.73 Å². The zero-order valence-electron chi connectivity index (χ0n) is 8.88. The van der Waals surface area contributed by atoms with Crippen molar-refractivity contribution in [3.8, 4) is 0 Å². The Kier molecular flexibility index (Phi) is 4.58. The van der Waals surface area contributed by atoms with Gasteiger partial charge in [0, 0.05) is 11.1 Å². The summed E-state index contributed by atoms with van der Waals surface area (Å²) < 4.78 is 0. The summed E-state index contributed by atoms with van der Waals surface area (Å²) in [6.45, 7) is -0.535. The van der Waals surface area contributed by atoms with E-state index in [0.29, 0.717) is 0 Å². The number of primary amides is 1. The first kappa shape index (κ1) is 13.9. The predicted molar refractivity (Wildman–Crippen MR) is 60.7 cm³/mol. The number of rotatable bonds is 5. The molecule has 0 heterocycles. The third kappa shape index (κ3) is 3.68. The summed E-state index contributed by atoms with van der Waals surface area (Å²) >= 11 is 5.58. The Balaban J connectivity index is 2.85. The number of hydrogen-bond acceptors (Lipinski definition) is 5. The van der Waals surface area contributed by atoms with Crippen molar-refractivity contribution in [2.24, 2.45) is 5.73 Å². The molecule has 0 spiro atoms. The standard InChI is InChI=1S/C9H8ClN3O5/c10-5-1-2-6(7(3-5)13(16)17)9(15)12-18-4-8(11)14/h1-3H,4H2,(H2,11,14)(H,12,15). The highest BCUT2D eigenvalue weighted by Gasteiger charge is 2.20. The van der Waals surface area contributed by atoms with Gasteiger partial charge in [-0.2, -0.15) is 0 Å². The van der Waals surface area contributed by atoms with Crippen molar-refractivity contribution in [1.82, 2.24) is 5.48 Å². The van der Waals surface area contributed by atoms with E-state index >= 15 is 0 Å². The number of halogens is 1. The Bertz CT molecular complexity index is 505. The smallest absolute Gasteiger partial charge is 0.283 e. The van der Waals surface area contributed by atoms with Crippen LogP contribution in [0.1, 0.15) is 10.4 Å². The van der Waals surface area contributed by atoms with Gasteiger partial charge in [-0.05, 0) is 12.1 Å². The molecule has 0 fully saturated rings. The molecule has 0 aliphatic rings. The van der Waals surface area contributed by atoms with Gasteiger partial charge in [-0.3, -0.25) is 24.5 Å². The summed E-state index contributed by atoms with van der Waals surface area (Å²) in [4.78, 5) is 36.3. The largest absolute Gasteiger partial charge is 0.368 e. The highest BCUT2D eigenvalue weighted by molar-refractivity contribution is 6.31. The van der Waals surface area contributed by atoms with Crippen LogP contribution in [0.3, 0.4) is 0 Å². The highest BCUT2D eigenvalue weighted by Crippen LogP contribution is 2.22. The molecular formula is C9H8ClN3O5. The number of amides is 2. The van der Waals surface area contributed by atoms with E-state index in [2.05, 4.69) is 4.84 Å². The average molecular weight is 274 g/mol. The molecule has 0 radical (unpaired) electrons. The number of hydrogen-bond donors (Lipinski definition) is 2. The lowest BCUT2D eigenvalue weighted by molar-refractivity contribution is -0.385. The van der Waals surface area contributed by atoms with Gasteiger partial charge in [-0.15, -0.1) is 0 Å². The molecule has 0 bridgehead atoms. The molecule has 1 aromatic rings. The summed E-state index contributed by atoms with van der Waals surface area (Å²) in [5.74, 6) is -1.67. The number of benzene rings is 1. The maximum absolute atomic E-state index is 11.5. The molecule has 0 aliphatic carbocycles. The molecule has 96 valence electrons. The van der Waals surface area contributed by atoms with Crippen molar-refractivity contribution in [2.75, 3.05) is 6.61 Å². The Labute approximate surface area is 106 Å². The van der Waals surface area contributed by atoms with Crippen LogP contribution in [0.4, 0.5) is 5.69 Å². The second kappa shape index (κ2) is 5.94. The van der Waals surface area contributed by atoms with E-state index in [0.717, 1.165) is 6.07 Å². The SMILES string of the molecule is NC(=O)CONC(=O)c1ccc(Cl)cc1[N+](=O)[O-]. The van der Waals surface area contributed by atoms with Gasteiger partial charge in [0.15, 0.2) is 6.61 Å². The molecule has 2 amide bonds. The van der Waals surface area contributed by atoms with E-state index in [1.54, 1.807) is 0 Å². The van der Waals surface area contributed by atoms with Crippen LogP contribution in [0.15, 0.2) is 18.2 Å². The van der Waals surface area contributed by atoms with E-state index in [-0.39, 0.29) is 10.6 Å². The zero-order chi connectivity index (χ0) is 13.7. The normalized spacial score (nSPS) is 9.83. The number of carbonyl (C=O) groups excluding carboxylic acids is 2. The third-order valence-electron chi connectivity index (χ3n) is 1.78. The Morgan fingerprint density at radius 2 is 2.17 bits per heavy atom. The van der Waals surface area contributed by atoms with Crippen molar-refractivity contribution in [1.29, 1.82) is 0 Å². The Morgan fingerprint density at radius 3 is 2.72 bits per heavy atom. The minimum Gasteiger partial charge on any atom is -0.368 e.